The first kappa shape index (κ1) is 21.3. The van der Waals surface area contributed by atoms with Gasteiger partial charge in [-0.05, 0) is 55.0 Å². The minimum atomic E-state index is -4.46. The number of amides is 1. The highest BCUT2D eigenvalue weighted by atomic mass is 19.4. The lowest BCUT2D eigenvalue weighted by molar-refractivity contribution is -0.137. The van der Waals surface area contributed by atoms with E-state index in [1.165, 1.54) is 42.5 Å². The molecule has 156 valence electrons. The number of hydrogen-bond donors (Lipinski definition) is 1. The van der Waals surface area contributed by atoms with Crippen molar-refractivity contribution in [2.75, 3.05) is 6.54 Å². The number of ether oxygens (including phenoxy) is 1. The predicted molar refractivity (Wildman–Crippen MR) is 104 cm³/mol. The summed E-state index contributed by atoms with van der Waals surface area (Å²) >= 11 is 0. The first-order chi connectivity index (χ1) is 14.3. The van der Waals surface area contributed by atoms with Gasteiger partial charge in [0.05, 0.1) is 5.56 Å². The average Bonchev–Trinajstić information content (AvgIpc) is 2.72. The van der Waals surface area contributed by atoms with E-state index in [9.17, 15) is 22.4 Å². The van der Waals surface area contributed by atoms with Gasteiger partial charge in [-0.1, -0.05) is 19.1 Å². The molecule has 3 rings (SSSR count). The van der Waals surface area contributed by atoms with Crippen LogP contribution in [-0.2, 0) is 6.18 Å². The maximum Gasteiger partial charge on any atom is 0.416 e. The van der Waals surface area contributed by atoms with E-state index in [0.717, 1.165) is 18.6 Å². The fourth-order valence-electron chi connectivity index (χ4n) is 2.67. The molecule has 0 atom stereocenters. The molecule has 0 bridgehead atoms. The van der Waals surface area contributed by atoms with E-state index in [1.54, 1.807) is 6.07 Å². The van der Waals surface area contributed by atoms with Crippen LogP contribution in [0.4, 0.5) is 17.6 Å². The number of nitrogens with one attached hydrogen (secondary N) is 1. The average molecular weight is 418 g/mol. The largest absolute Gasteiger partial charge is 0.455 e. The molecule has 0 radical (unpaired) electrons. The highest BCUT2D eigenvalue weighted by molar-refractivity contribution is 5.93. The van der Waals surface area contributed by atoms with Crippen LogP contribution in [0.25, 0.3) is 11.3 Å². The molecule has 1 N–H and O–H groups in total. The molecule has 0 aliphatic rings. The van der Waals surface area contributed by atoms with Gasteiger partial charge in [0, 0.05) is 12.1 Å². The van der Waals surface area contributed by atoms with Gasteiger partial charge < -0.3 is 10.1 Å². The van der Waals surface area contributed by atoms with Crippen molar-refractivity contribution in [1.82, 2.24) is 10.3 Å². The number of carbonyl (C=O) groups excluding carboxylic acids is 1. The van der Waals surface area contributed by atoms with Gasteiger partial charge in [0.2, 0.25) is 0 Å². The van der Waals surface area contributed by atoms with Crippen molar-refractivity contribution in [2.45, 2.75) is 19.5 Å². The van der Waals surface area contributed by atoms with Crippen molar-refractivity contribution in [3.8, 4) is 22.8 Å². The van der Waals surface area contributed by atoms with Gasteiger partial charge in [-0.3, -0.25) is 4.79 Å². The van der Waals surface area contributed by atoms with Crippen molar-refractivity contribution in [2.24, 2.45) is 0 Å². The number of carbonyl (C=O) groups is 1. The molecular weight excluding hydrogens is 400 g/mol. The van der Waals surface area contributed by atoms with Crippen LogP contribution in [0.3, 0.4) is 0 Å². The summed E-state index contributed by atoms with van der Waals surface area (Å²) in [6.07, 6.45) is -3.71. The van der Waals surface area contributed by atoms with Gasteiger partial charge in [-0.2, -0.15) is 13.2 Å². The summed E-state index contributed by atoms with van der Waals surface area (Å²) in [4.78, 5) is 16.6. The Hall–Kier alpha value is -3.42. The highest BCUT2D eigenvalue weighted by Gasteiger charge is 2.30. The van der Waals surface area contributed by atoms with Crippen LogP contribution in [-0.4, -0.2) is 17.4 Å². The number of nitrogens with zero attached hydrogens (tertiary/aromatic N) is 1. The van der Waals surface area contributed by atoms with E-state index in [-0.39, 0.29) is 22.9 Å². The second-order valence-corrected chi connectivity index (χ2v) is 6.43. The molecule has 0 spiro atoms. The van der Waals surface area contributed by atoms with Gasteiger partial charge in [0.25, 0.3) is 5.91 Å². The smallest absolute Gasteiger partial charge is 0.416 e. The molecule has 2 aromatic carbocycles. The van der Waals surface area contributed by atoms with Crippen LogP contribution < -0.4 is 10.1 Å². The molecule has 0 unspecified atom stereocenters. The first-order valence-electron chi connectivity index (χ1n) is 9.18. The SMILES string of the molecule is CCCNC(=O)c1ccc(Oc2ccc(C(F)(F)F)cc2)c(-c2cccc(F)c2)n1. The molecule has 0 fully saturated rings. The highest BCUT2D eigenvalue weighted by Crippen LogP contribution is 2.34. The third-order valence-electron chi connectivity index (χ3n) is 4.13. The van der Waals surface area contributed by atoms with Crippen molar-refractivity contribution in [3.63, 3.8) is 0 Å². The van der Waals surface area contributed by atoms with Crippen LogP contribution >= 0.6 is 0 Å². The quantitative estimate of drug-likeness (QED) is 0.512. The summed E-state index contributed by atoms with van der Waals surface area (Å²) < 4.78 is 57.7. The Labute approximate surface area is 170 Å². The molecule has 0 aliphatic heterocycles. The normalized spacial score (nSPS) is 11.2. The molecule has 0 saturated heterocycles. The van der Waals surface area contributed by atoms with Crippen molar-refractivity contribution in [3.05, 3.63) is 77.7 Å². The molecule has 1 amide bonds. The minimum absolute atomic E-state index is 0.113. The van der Waals surface area contributed by atoms with Crippen LogP contribution in [0.2, 0.25) is 0 Å². The molecular formula is C22H18F4N2O2. The Morgan fingerprint density at radius 3 is 2.43 bits per heavy atom. The zero-order valence-electron chi connectivity index (χ0n) is 16.0. The number of rotatable bonds is 6. The number of alkyl halides is 3. The van der Waals surface area contributed by atoms with E-state index < -0.39 is 23.5 Å². The first-order valence-corrected chi connectivity index (χ1v) is 9.18. The Balaban J connectivity index is 1.97. The number of halogens is 4. The van der Waals surface area contributed by atoms with Crippen molar-refractivity contribution >= 4 is 5.91 Å². The van der Waals surface area contributed by atoms with Gasteiger partial charge >= 0.3 is 6.18 Å². The Kier molecular flexibility index (Phi) is 6.34. The number of aromatic nitrogens is 1. The molecule has 0 aliphatic carbocycles. The molecule has 0 saturated carbocycles. The predicted octanol–water partition coefficient (Wildman–Crippen LogP) is 5.84. The van der Waals surface area contributed by atoms with Crippen LogP contribution in [0, 0.1) is 5.82 Å². The van der Waals surface area contributed by atoms with Gasteiger partial charge in [-0.25, -0.2) is 9.37 Å². The lowest BCUT2D eigenvalue weighted by Crippen LogP contribution is -2.25. The maximum atomic E-state index is 13.7. The van der Waals surface area contributed by atoms with E-state index in [0.29, 0.717) is 12.1 Å². The fourth-order valence-corrected chi connectivity index (χ4v) is 2.67. The van der Waals surface area contributed by atoms with Gasteiger partial charge in [0.1, 0.15) is 23.0 Å². The molecule has 30 heavy (non-hydrogen) atoms. The van der Waals surface area contributed by atoms with E-state index >= 15 is 0 Å². The monoisotopic (exact) mass is 418 g/mol. The van der Waals surface area contributed by atoms with E-state index in [2.05, 4.69) is 10.3 Å². The lowest BCUT2D eigenvalue weighted by Gasteiger charge is -2.13. The summed E-state index contributed by atoms with van der Waals surface area (Å²) in [6, 6.07) is 12.7. The maximum absolute atomic E-state index is 13.7. The van der Waals surface area contributed by atoms with Crippen molar-refractivity contribution in [1.29, 1.82) is 0 Å². The zero-order chi connectivity index (χ0) is 21.7. The zero-order valence-corrected chi connectivity index (χ0v) is 16.0. The minimum Gasteiger partial charge on any atom is -0.455 e. The summed E-state index contributed by atoms with van der Waals surface area (Å²) in [5.74, 6) is -0.579. The van der Waals surface area contributed by atoms with Crippen LogP contribution in [0.15, 0.2) is 60.7 Å². The summed E-state index contributed by atoms with van der Waals surface area (Å²) in [5, 5.41) is 2.71. The summed E-state index contributed by atoms with van der Waals surface area (Å²) in [5.41, 5.74) is -0.135. The van der Waals surface area contributed by atoms with Crippen LogP contribution in [0.5, 0.6) is 11.5 Å². The Bertz CT molecular complexity index is 1030. The fraction of sp³-hybridized carbons (Fsp3) is 0.182. The van der Waals surface area contributed by atoms with E-state index in [1.807, 2.05) is 6.92 Å². The second kappa shape index (κ2) is 8.94. The molecule has 1 aromatic heterocycles. The van der Waals surface area contributed by atoms with Gasteiger partial charge in [-0.15, -0.1) is 0 Å². The van der Waals surface area contributed by atoms with Gasteiger partial charge in [0.15, 0.2) is 5.75 Å². The third-order valence-corrected chi connectivity index (χ3v) is 4.13. The Morgan fingerprint density at radius 1 is 1.07 bits per heavy atom. The topological polar surface area (TPSA) is 51.2 Å². The van der Waals surface area contributed by atoms with Crippen molar-refractivity contribution < 1.29 is 27.1 Å². The second-order valence-electron chi connectivity index (χ2n) is 6.43. The standard InChI is InChI=1S/C22H18F4N2O2/c1-2-12-27-21(29)18-10-11-19(20(28-18)14-4-3-5-16(23)13-14)30-17-8-6-15(7-9-17)22(24,25)26/h3-11,13H,2,12H2,1H3,(H,27,29). The number of benzene rings is 2. The third kappa shape index (κ3) is 5.14. The molecule has 8 heteroatoms. The molecule has 3 aromatic rings. The Morgan fingerprint density at radius 2 is 1.80 bits per heavy atom. The number of hydrogen-bond acceptors (Lipinski definition) is 3. The molecule has 1 heterocycles. The summed E-state index contributed by atoms with van der Waals surface area (Å²) in [7, 11) is 0. The van der Waals surface area contributed by atoms with E-state index in [4.69, 9.17) is 4.74 Å². The van der Waals surface area contributed by atoms with Crippen LogP contribution in [0.1, 0.15) is 29.4 Å². The molecule has 4 nitrogen and oxygen atoms in total. The summed E-state index contributed by atoms with van der Waals surface area (Å²) in [6.45, 7) is 2.38. The lowest BCUT2D eigenvalue weighted by atomic mass is 10.1. The number of pyridine rings is 1.